The molecule has 0 bridgehead atoms. The molecule has 1 aromatic heterocycles. The molecule has 24 heavy (non-hydrogen) atoms. The Morgan fingerprint density at radius 3 is 2.12 bits per heavy atom. The minimum absolute atomic E-state index is 1.06. The molecular formula is C21H33N3. The summed E-state index contributed by atoms with van der Waals surface area (Å²) < 4.78 is 0. The van der Waals surface area contributed by atoms with Gasteiger partial charge >= 0.3 is 0 Å². The van der Waals surface area contributed by atoms with Crippen LogP contribution in [-0.2, 0) is 0 Å². The monoisotopic (exact) mass is 327 g/mol. The molecule has 3 nitrogen and oxygen atoms in total. The van der Waals surface area contributed by atoms with Gasteiger partial charge in [-0.2, -0.15) is 0 Å². The Balaban J connectivity index is 2.53. The second-order valence-corrected chi connectivity index (χ2v) is 6.78. The van der Waals surface area contributed by atoms with Gasteiger partial charge in [0.05, 0.1) is 16.9 Å². The first-order valence-electron chi connectivity index (χ1n) is 9.40. The summed E-state index contributed by atoms with van der Waals surface area (Å²) in [6.45, 7) is 14.4. The van der Waals surface area contributed by atoms with Crippen molar-refractivity contribution < 1.29 is 0 Å². The number of rotatable bonds is 8. The lowest BCUT2D eigenvalue weighted by Gasteiger charge is -2.26. The van der Waals surface area contributed by atoms with Gasteiger partial charge in [0.15, 0.2) is 0 Å². The molecule has 2 rings (SSSR count). The molecule has 1 heterocycles. The molecule has 0 saturated heterocycles. The Kier molecular flexibility index (Phi) is 6.47. The number of pyridine rings is 1. The molecule has 0 N–H and O–H groups in total. The van der Waals surface area contributed by atoms with E-state index in [2.05, 4.69) is 69.7 Å². The number of aryl methyl sites for hydroxylation is 2. The highest BCUT2D eigenvalue weighted by Gasteiger charge is 2.14. The number of fused-ring (bicyclic) bond motifs is 1. The van der Waals surface area contributed by atoms with Crippen LogP contribution in [0, 0.1) is 13.8 Å². The minimum atomic E-state index is 1.06. The summed E-state index contributed by atoms with van der Waals surface area (Å²) in [5.41, 5.74) is 6.20. The van der Waals surface area contributed by atoms with E-state index >= 15 is 0 Å². The van der Waals surface area contributed by atoms with Crippen molar-refractivity contribution in [3.63, 3.8) is 0 Å². The number of aromatic nitrogens is 1. The van der Waals surface area contributed by atoms with Crippen LogP contribution in [0.2, 0.25) is 0 Å². The van der Waals surface area contributed by atoms with Crippen LogP contribution in [0.25, 0.3) is 10.9 Å². The predicted octanol–water partition coefficient (Wildman–Crippen LogP) is 5.32. The van der Waals surface area contributed by atoms with E-state index in [0.717, 1.165) is 37.3 Å². The molecule has 0 aliphatic rings. The lowest BCUT2D eigenvalue weighted by atomic mass is 10.0. The SMILES string of the molecule is CCCN(C)c1c(C)nc2ccc(N(CCC)CCC)cc2c1C. The number of hydrogen-bond donors (Lipinski definition) is 0. The van der Waals surface area contributed by atoms with Gasteiger partial charge in [-0.05, 0) is 56.9 Å². The van der Waals surface area contributed by atoms with E-state index in [1.165, 1.54) is 35.2 Å². The van der Waals surface area contributed by atoms with Crippen molar-refractivity contribution in [2.75, 3.05) is 36.5 Å². The molecule has 0 radical (unpaired) electrons. The molecule has 0 amide bonds. The summed E-state index contributed by atoms with van der Waals surface area (Å²) in [6, 6.07) is 6.76. The van der Waals surface area contributed by atoms with Gasteiger partial charge in [-0.25, -0.2) is 0 Å². The van der Waals surface area contributed by atoms with Crippen molar-refractivity contribution >= 4 is 22.3 Å². The summed E-state index contributed by atoms with van der Waals surface area (Å²) in [5.74, 6) is 0. The fraction of sp³-hybridized carbons (Fsp3) is 0.571. The van der Waals surface area contributed by atoms with Gasteiger partial charge in [0.1, 0.15) is 0 Å². The van der Waals surface area contributed by atoms with Crippen molar-refractivity contribution in [1.29, 1.82) is 0 Å². The molecule has 0 aliphatic carbocycles. The first-order chi connectivity index (χ1) is 11.5. The highest BCUT2D eigenvalue weighted by atomic mass is 15.1. The molecule has 2 aromatic rings. The van der Waals surface area contributed by atoms with Crippen LogP contribution in [0.1, 0.15) is 51.3 Å². The first kappa shape index (κ1) is 18.6. The Morgan fingerprint density at radius 1 is 0.917 bits per heavy atom. The van der Waals surface area contributed by atoms with E-state index in [-0.39, 0.29) is 0 Å². The van der Waals surface area contributed by atoms with Crippen molar-refractivity contribution in [3.8, 4) is 0 Å². The van der Waals surface area contributed by atoms with Gasteiger partial charge in [0, 0.05) is 37.8 Å². The third-order valence-corrected chi connectivity index (χ3v) is 4.66. The van der Waals surface area contributed by atoms with E-state index < -0.39 is 0 Å². The number of benzene rings is 1. The van der Waals surface area contributed by atoms with Crippen LogP contribution in [-0.4, -0.2) is 31.7 Å². The zero-order chi connectivity index (χ0) is 17.7. The Morgan fingerprint density at radius 2 is 1.54 bits per heavy atom. The highest BCUT2D eigenvalue weighted by Crippen LogP contribution is 2.32. The predicted molar refractivity (Wildman–Crippen MR) is 108 cm³/mol. The molecule has 3 heteroatoms. The van der Waals surface area contributed by atoms with Gasteiger partial charge in [-0.3, -0.25) is 4.98 Å². The fourth-order valence-corrected chi connectivity index (χ4v) is 3.67. The fourth-order valence-electron chi connectivity index (χ4n) is 3.67. The van der Waals surface area contributed by atoms with Gasteiger partial charge in [-0.1, -0.05) is 20.8 Å². The molecule has 0 fully saturated rings. The van der Waals surface area contributed by atoms with Crippen molar-refractivity contribution in [2.24, 2.45) is 0 Å². The smallest absolute Gasteiger partial charge is 0.0711 e. The summed E-state index contributed by atoms with van der Waals surface area (Å²) >= 11 is 0. The normalized spacial score (nSPS) is 11.1. The van der Waals surface area contributed by atoms with Gasteiger partial charge in [0.2, 0.25) is 0 Å². The maximum atomic E-state index is 4.87. The molecule has 0 unspecified atom stereocenters. The first-order valence-corrected chi connectivity index (χ1v) is 9.40. The molecule has 0 aliphatic heterocycles. The van der Waals surface area contributed by atoms with Gasteiger partial charge < -0.3 is 9.80 Å². The Labute approximate surface area is 147 Å². The van der Waals surface area contributed by atoms with Crippen LogP contribution >= 0.6 is 0 Å². The van der Waals surface area contributed by atoms with Crippen LogP contribution in [0.3, 0.4) is 0 Å². The second kappa shape index (κ2) is 8.36. The Bertz CT molecular complexity index is 672. The quantitative estimate of drug-likeness (QED) is 0.654. The minimum Gasteiger partial charge on any atom is -0.373 e. The molecule has 0 spiro atoms. The lowest BCUT2D eigenvalue weighted by molar-refractivity contribution is 0.745. The van der Waals surface area contributed by atoms with Crippen LogP contribution in [0.5, 0.6) is 0 Å². The highest BCUT2D eigenvalue weighted by molar-refractivity contribution is 5.90. The number of hydrogen-bond acceptors (Lipinski definition) is 3. The largest absolute Gasteiger partial charge is 0.373 e. The standard InChI is InChI=1S/C21H33N3/c1-7-12-23(6)21-16(4)19-15-18(24(13-8-2)14-9-3)10-11-20(19)22-17(21)5/h10-11,15H,7-9,12-14H2,1-6H3. The third-order valence-electron chi connectivity index (χ3n) is 4.66. The van der Waals surface area contributed by atoms with Gasteiger partial charge in [0.25, 0.3) is 0 Å². The maximum absolute atomic E-state index is 4.87. The topological polar surface area (TPSA) is 19.4 Å². The zero-order valence-electron chi connectivity index (χ0n) is 16.3. The van der Waals surface area contributed by atoms with Crippen molar-refractivity contribution in [2.45, 2.75) is 53.9 Å². The van der Waals surface area contributed by atoms with Crippen LogP contribution < -0.4 is 9.80 Å². The Hall–Kier alpha value is -1.77. The van der Waals surface area contributed by atoms with E-state index in [9.17, 15) is 0 Å². The van der Waals surface area contributed by atoms with Crippen molar-refractivity contribution in [3.05, 3.63) is 29.5 Å². The summed E-state index contributed by atoms with van der Waals surface area (Å²) in [7, 11) is 2.18. The number of nitrogens with zero attached hydrogens (tertiary/aromatic N) is 3. The molecule has 132 valence electrons. The molecule has 0 atom stereocenters. The molecular weight excluding hydrogens is 294 g/mol. The number of anilines is 2. The van der Waals surface area contributed by atoms with E-state index in [0.29, 0.717) is 0 Å². The average Bonchev–Trinajstić information content (AvgIpc) is 2.55. The van der Waals surface area contributed by atoms with Crippen LogP contribution in [0.4, 0.5) is 11.4 Å². The van der Waals surface area contributed by atoms with E-state index in [4.69, 9.17) is 4.98 Å². The molecule has 0 saturated carbocycles. The van der Waals surface area contributed by atoms with E-state index in [1.807, 2.05) is 0 Å². The lowest BCUT2D eigenvalue weighted by Crippen LogP contribution is -2.24. The summed E-state index contributed by atoms with van der Waals surface area (Å²) in [4.78, 5) is 9.71. The van der Waals surface area contributed by atoms with Crippen LogP contribution in [0.15, 0.2) is 18.2 Å². The summed E-state index contributed by atoms with van der Waals surface area (Å²) in [6.07, 6.45) is 3.50. The maximum Gasteiger partial charge on any atom is 0.0711 e. The van der Waals surface area contributed by atoms with E-state index in [1.54, 1.807) is 0 Å². The zero-order valence-corrected chi connectivity index (χ0v) is 16.3. The molecule has 1 aromatic carbocycles. The second-order valence-electron chi connectivity index (χ2n) is 6.78. The average molecular weight is 328 g/mol. The third kappa shape index (κ3) is 3.82. The summed E-state index contributed by atoms with van der Waals surface area (Å²) in [5, 5.41) is 1.29. The van der Waals surface area contributed by atoms with Gasteiger partial charge in [-0.15, -0.1) is 0 Å². The van der Waals surface area contributed by atoms with Crippen molar-refractivity contribution in [1.82, 2.24) is 4.98 Å².